The molecule has 0 unspecified atom stereocenters. The third-order valence-corrected chi connectivity index (χ3v) is 5.43. The number of Topliss-reactive ketones (excluding diaryl/α,β-unsaturated/α-hetero) is 1. The van der Waals surface area contributed by atoms with Gasteiger partial charge in [0.2, 0.25) is 0 Å². The van der Waals surface area contributed by atoms with Crippen LogP contribution in [0.4, 0.5) is 0 Å². The molecule has 0 aliphatic rings. The minimum atomic E-state index is -2.74. The van der Waals surface area contributed by atoms with E-state index in [-0.39, 0.29) is 12.2 Å². The molecule has 0 amide bonds. The first-order valence-electron chi connectivity index (χ1n) is 5.94. The number of rotatable bonds is 8. The molecule has 0 radical (unpaired) electrons. The number of carboxylic acids is 1. The van der Waals surface area contributed by atoms with E-state index in [2.05, 4.69) is 0 Å². The van der Waals surface area contributed by atoms with E-state index in [0.29, 0.717) is 19.8 Å². The van der Waals surface area contributed by atoms with Gasteiger partial charge in [-0.25, -0.2) is 0 Å². The van der Waals surface area contributed by atoms with Gasteiger partial charge in [0.05, 0.1) is 0 Å². The minimum absolute atomic E-state index is 0.312. The monoisotopic (exact) mass is 300 g/mol. The summed E-state index contributed by atoms with van der Waals surface area (Å²) in [4.78, 5) is 19.5. The molecule has 0 rings (SSSR count). The molecule has 0 aromatic rings. The second kappa shape index (κ2) is 11.8. The van der Waals surface area contributed by atoms with Gasteiger partial charge in [0.15, 0.2) is 0 Å². The first-order valence-corrected chi connectivity index (χ1v) is 9.41. The van der Waals surface area contributed by atoms with E-state index in [0.717, 1.165) is 0 Å². The summed E-state index contributed by atoms with van der Waals surface area (Å²) in [5, 5.41) is 9.83. The average molecular weight is 300 g/mol. The summed E-state index contributed by atoms with van der Waals surface area (Å²) in [5.41, 5.74) is 0. The Balaban J connectivity index is 0. The molecule has 0 aromatic carbocycles. The molecular formula is C11H24O6Ti. The van der Waals surface area contributed by atoms with Crippen LogP contribution in [0.2, 0.25) is 5.23 Å². The van der Waals surface area contributed by atoms with E-state index >= 15 is 0 Å². The van der Waals surface area contributed by atoms with E-state index in [9.17, 15) is 9.59 Å². The summed E-state index contributed by atoms with van der Waals surface area (Å²) in [6.45, 7) is 9.15. The molecule has 0 saturated heterocycles. The van der Waals surface area contributed by atoms with Crippen molar-refractivity contribution >= 4 is 11.8 Å². The molecular weight excluding hydrogens is 276 g/mol. The fourth-order valence-corrected chi connectivity index (χ4v) is 3.97. The van der Waals surface area contributed by atoms with Crippen molar-refractivity contribution < 1.29 is 42.4 Å². The summed E-state index contributed by atoms with van der Waals surface area (Å²) in [7, 11) is 0. The van der Waals surface area contributed by atoms with Crippen molar-refractivity contribution in [3.8, 4) is 0 Å². The van der Waals surface area contributed by atoms with Crippen LogP contribution in [0.1, 0.15) is 34.1 Å². The van der Waals surface area contributed by atoms with Gasteiger partial charge in [0.25, 0.3) is 0 Å². The Labute approximate surface area is 113 Å². The number of aliphatic carboxylic acids is 1. The number of ketones is 1. The second-order valence-corrected chi connectivity index (χ2v) is 7.48. The molecule has 0 aromatic heterocycles. The van der Waals surface area contributed by atoms with Crippen molar-refractivity contribution in [1.82, 2.24) is 0 Å². The molecule has 0 heterocycles. The van der Waals surface area contributed by atoms with Crippen LogP contribution in [0.25, 0.3) is 0 Å². The summed E-state index contributed by atoms with van der Waals surface area (Å²) in [6, 6.07) is 0. The molecule has 1 N–H and O–H groups in total. The van der Waals surface area contributed by atoms with Crippen LogP contribution < -0.4 is 0 Å². The van der Waals surface area contributed by atoms with Gasteiger partial charge in [-0.3, -0.25) is 9.59 Å². The molecule has 18 heavy (non-hydrogen) atoms. The molecule has 0 atom stereocenters. The van der Waals surface area contributed by atoms with Crippen LogP contribution in [0.3, 0.4) is 0 Å². The summed E-state index contributed by atoms with van der Waals surface area (Å²) in [5.74, 6) is -1.37. The zero-order chi connectivity index (χ0) is 14.6. The Bertz CT molecular complexity index is 215. The normalized spacial score (nSPS) is 10.5. The van der Waals surface area contributed by atoms with Gasteiger partial charge < -0.3 is 5.11 Å². The van der Waals surface area contributed by atoms with Crippen molar-refractivity contribution in [1.29, 1.82) is 0 Å². The first-order chi connectivity index (χ1) is 8.31. The molecule has 0 aliphatic heterocycles. The van der Waals surface area contributed by atoms with Crippen LogP contribution in [0.15, 0.2) is 0 Å². The summed E-state index contributed by atoms with van der Waals surface area (Å²) < 4.78 is 16.4. The predicted molar refractivity (Wildman–Crippen MR) is 63.7 cm³/mol. The fraction of sp³-hybridized carbons (Fsp3) is 0.818. The van der Waals surface area contributed by atoms with Crippen molar-refractivity contribution in [2.75, 3.05) is 19.8 Å². The number of hydrogen-bond acceptors (Lipinski definition) is 5. The van der Waals surface area contributed by atoms with E-state index in [1.54, 1.807) is 0 Å². The van der Waals surface area contributed by atoms with Crippen LogP contribution in [0, 0.1) is 0 Å². The van der Waals surface area contributed by atoms with Crippen LogP contribution in [-0.4, -0.2) is 36.7 Å². The molecule has 0 fully saturated rings. The van der Waals surface area contributed by atoms with Crippen molar-refractivity contribution in [2.45, 2.75) is 39.3 Å². The Morgan fingerprint density at radius 2 is 1.33 bits per heavy atom. The van der Waals surface area contributed by atoms with Crippen molar-refractivity contribution in [3.05, 3.63) is 0 Å². The maximum absolute atomic E-state index is 9.87. The Morgan fingerprint density at radius 1 is 1.00 bits per heavy atom. The number of carbonyl (C=O) groups is 2. The molecule has 108 valence electrons. The molecule has 6 nitrogen and oxygen atoms in total. The van der Waals surface area contributed by atoms with Gasteiger partial charge in [0.1, 0.15) is 12.2 Å². The molecule has 0 saturated carbocycles. The Morgan fingerprint density at radius 3 is 1.44 bits per heavy atom. The van der Waals surface area contributed by atoms with E-state index in [1.165, 1.54) is 6.92 Å². The molecule has 0 spiro atoms. The second-order valence-electron chi connectivity index (χ2n) is 3.43. The predicted octanol–water partition coefficient (Wildman–Crippen LogP) is 2.09. The van der Waals surface area contributed by atoms with Crippen LogP contribution in [-0.2, 0) is 37.3 Å². The number of carboxylic acid groups (broad SMARTS) is 1. The topological polar surface area (TPSA) is 82.1 Å². The average Bonchev–Trinajstić information content (AvgIpc) is 2.16. The van der Waals surface area contributed by atoms with E-state index in [1.807, 2.05) is 26.0 Å². The molecule has 7 heteroatoms. The van der Waals surface area contributed by atoms with Gasteiger partial charge in [-0.15, -0.1) is 0 Å². The number of hydrogen-bond donors (Lipinski definition) is 1. The Hall–Kier alpha value is -0.266. The summed E-state index contributed by atoms with van der Waals surface area (Å²) >= 11 is -2.74. The third-order valence-electron chi connectivity index (χ3n) is 1.62. The third kappa shape index (κ3) is 13.8. The van der Waals surface area contributed by atoms with Crippen LogP contribution >= 0.6 is 0 Å². The van der Waals surface area contributed by atoms with Gasteiger partial charge in [-0.2, -0.15) is 0 Å². The standard InChI is InChI=1S/C4H6O3.3C2H5O.CH3.Ti/c1-3(5)2-4(6)7;3*1-2-3;;/h2H2,1H3,(H,6,7);3*2H2,1H3;1H3;/q;3*-1;;+3. The SMILES string of the molecule is CC(=O)CC(=O)O.CC[O][Ti]([CH3])([O]CC)[O]CC. The van der Waals surface area contributed by atoms with E-state index in [4.69, 9.17) is 15.1 Å². The van der Waals surface area contributed by atoms with Crippen molar-refractivity contribution in [3.63, 3.8) is 0 Å². The van der Waals surface area contributed by atoms with Crippen molar-refractivity contribution in [2.24, 2.45) is 0 Å². The summed E-state index contributed by atoms with van der Waals surface area (Å²) in [6.07, 6.45) is -0.361. The number of carbonyl (C=O) groups excluding carboxylic acids is 1. The first kappa shape index (κ1) is 20.1. The van der Waals surface area contributed by atoms with Gasteiger partial charge in [-0.05, 0) is 6.92 Å². The van der Waals surface area contributed by atoms with Gasteiger partial charge in [-0.1, -0.05) is 0 Å². The van der Waals surface area contributed by atoms with E-state index < -0.39 is 23.7 Å². The maximum atomic E-state index is 9.87. The zero-order valence-electron chi connectivity index (χ0n) is 11.8. The molecule has 0 aliphatic carbocycles. The molecule has 0 bridgehead atoms. The Kier molecular flexibility index (Phi) is 13.2. The zero-order valence-corrected chi connectivity index (χ0v) is 13.4. The van der Waals surface area contributed by atoms with Crippen LogP contribution in [0.5, 0.6) is 0 Å². The quantitative estimate of drug-likeness (QED) is 0.546. The van der Waals surface area contributed by atoms with Gasteiger partial charge >= 0.3 is 79.5 Å². The van der Waals surface area contributed by atoms with Gasteiger partial charge in [0, 0.05) is 0 Å². The fourth-order valence-electron chi connectivity index (χ4n) is 1.12.